The van der Waals surface area contributed by atoms with Crippen LogP contribution in [0.1, 0.15) is 5.56 Å². The molecule has 0 fully saturated rings. The average Bonchev–Trinajstić information content (AvgIpc) is 2.35. The van der Waals surface area contributed by atoms with Gasteiger partial charge in [0, 0.05) is 11.2 Å². The van der Waals surface area contributed by atoms with Gasteiger partial charge in [0.25, 0.3) is 0 Å². The molecule has 18 heavy (non-hydrogen) atoms. The second kappa shape index (κ2) is 5.14. The van der Waals surface area contributed by atoms with Crippen LogP contribution in [-0.4, -0.2) is 12.1 Å². The molecule has 0 aliphatic rings. The zero-order valence-electron chi connectivity index (χ0n) is 10.2. The number of nitrogens with two attached hydrogens (primary N) is 1. The van der Waals surface area contributed by atoms with Crippen molar-refractivity contribution in [3.63, 3.8) is 0 Å². The number of nitrogen functional groups attached to an aromatic ring is 1. The smallest absolute Gasteiger partial charge is 0.153 e. The van der Waals surface area contributed by atoms with Crippen LogP contribution >= 0.6 is 11.6 Å². The van der Waals surface area contributed by atoms with Gasteiger partial charge in [0.15, 0.2) is 5.82 Å². The van der Waals surface area contributed by atoms with Gasteiger partial charge >= 0.3 is 0 Å². The normalized spacial score (nSPS) is 10.2. The summed E-state index contributed by atoms with van der Waals surface area (Å²) in [7, 11) is 1.60. The first-order valence-electron chi connectivity index (χ1n) is 5.43. The van der Waals surface area contributed by atoms with Crippen molar-refractivity contribution in [2.24, 2.45) is 0 Å². The fourth-order valence-electron chi connectivity index (χ4n) is 1.57. The van der Waals surface area contributed by atoms with Crippen molar-refractivity contribution in [1.29, 1.82) is 0 Å². The van der Waals surface area contributed by atoms with Gasteiger partial charge in [-0.1, -0.05) is 11.6 Å². The number of halogens is 1. The Hall–Kier alpha value is -1.94. The van der Waals surface area contributed by atoms with E-state index in [1.54, 1.807) is 31.5 Å². The van der Waals surface area contributed by atoms with Gasteiger partial charge in [0.1, 0.15) is 5.75 Å². The molecule has 0 saturated heterocycles. The van der Waals surface area contributed by atoms with Crippen molar-refractivity contribution in [2.75, 3.05) is 18.2 Å². The summed E-state index contributed by atoms with van der Waals surface area (Å²) in [5, 5.41) is 3.74. The van der Waals surface area contributed by atoms with Gasteiger partial charge in [-0.05, 0) is 36.8 Å². The Morgan fingerprint density at radius 2 is 2.11 bits per heavy atom. The van der Waals surface area contributed by atoms with Gasteiger partial charge in [0.05, 0.1) is 18.5 Å². The Morgan fingerprint density at radius 3 is 2.83 bits per heavy atom. The zero-order valence-corrected chi connectivity index (χ0v) is 11.0. The molecule has 2 aromatic rings. The molecule has 2 rings (SSSR count). The summed E-state index contributed by atoms with van der Waals surface area (Å²) in [6, 6.07) is 7.18. The highest BCUT2D eigenvalue weighted by Gasteiger charge is 2.08. The van der Waals surface area contributed by atoms with Gasteiger partial charge in [-0.3, -0.25) is 0 Å². The molecule has 4 nitrogen and oxygen atoms in total. The zero-order chi connectivity index (χ0) is 13.1. The summed E-state index contributed by atoms with van der Waals surface area (Å²) < 4.78 is 5.25. The number of hydrogen-bond donors (Lipinski definition) is 2. The molecule has 1 aromatic heterocycles. The highest BCUT2D eigenvalue weighted by molar-refractivity contribution is 6.31. The number of nitrogens with zero attached hydrogens (tertiary/aromatic N) is 1. The second-order valence-electron chi connectivity index (χ2n) is 3.86. The monoisotopic (exact) mass is 263 g/mol. The summed E-state index contributed by atoms with van der Waals surface area (Å²) in [4.78, 5) is 4.20. The number of rotatable bonds is 3. The molecule has 1 heterocycles. The van der Waals surface area contributed by atoms with Gasteiger partial charge in [-0.25, -0.2) is 4.98 Å². The van der Waals surface area contributed by atoms with Crippen molar-refractivity contribution >= 4 is 28.8 Å². The third-order valence-corrected chi connectivity index (χ3v) is 2.86. The Balaban J connectivity index is 2.39. The maximum Gasteiger partial charge on any atom is 0.153 e. The molecule has 0 unspecified atom stereocenters. The van der Waals surface area contributed by atoms with Crippen LogP contribution < -0.4 is 15.8 Å². The first kappa shape index (κ1) is 12.5. The number of methoxy groups -OCH3 is 1. The molecule has 0 atom stereocenters. The molecule has 3 N–H and O–H groups in total. The van der Waals surface area contributed by atoms with Crippen molar-refractivity contribution in [2.45, 2.75) is 6.92 Å². The lowest BCUT2D eigenvalue weighted by atomic mass is 10.2. The number of aryl methyl sites for hydroxylation is 1. The molecular formula is C13H14ClN3O. The number of hydrogen-bond acceptors (Lipinski definition) is 4. The van der Waals surface area contributed by atoms with E-state index in [9.17, 15) is 0 Å². The first-order chi connectivity index (χ1) is 8.61. The largest absolute Gasteiger partial charge is 0.495 e. The Morgan fingerprint density at radius 1 is 1.33 bits per heavy atom. The Kier molecular flexibility index (Phi) is 3.58. The summed E-state index contributed by atoms with van der Waals surface area (Å²) in [6.45, 7) is 1.93. The molecule has 1 aromatic carbocycles. The van der Waals surface area contributed by atoms with E-state index in [0.717, 1.165) is 11.3 Å². The van der Waals surface area contributed by atoms with Gasteiger partial charge in [-0.2, -0.15) is 0 Å². The van der Waals surface area contributed by atoms with Gasteiger partial charge < -0.3 is 15.8 Å². The molecule has 5 heteroatoms. The van der Waals surface area contributed by atoms with Gasteiger partial charge in [0.2, 0.25) is 0 Å². The second-order valence-corrected chi connectivity index (χ2v) is 4.30. The van der Waals surface area contributed by atoms with E-state index < -0.39 is 0 Å². The highest BCUT2D eigenvalue weighted by atomic mass is 35.5. The van der Waals surface area contributed by atoms with E-state index in [2.05, 4.69) is 10.3 Å². The highest BCUT2D eigenvalue weighted by Crippen LogP contribution is 2.32. The van der Waals surface area contributed by atoms with Crippen LogP contribution in [0.4, 0.5) is 17.2 Å². The van der Waals surface area contributed by atoms with Crippen LogP contribution in [-0.2, 0) is 0 Å². The fraction of sp³-hybridized carbons (Fsp3) is 0.154. The predicted molar refractivity (Wildman–Crippen MR) is 74.7 cm³/mol. The maximum atomic E-state index is 5.96. The quantitative estimate of drug-likeness (QED) is 0.891. The van der Waals surface area contributed by atoms with Crippen molar-refractivity contribution in [3.05, 3.63) is 41.0 Å². The Labute approximate surface area is 111 Å². The first-order valence-corrected chi connectivity index (χ1v) is 5.81. The standard InChI is InChI=1S/C13H14ClN3O/c1-8-5-6-16-13(12(8)15)17-10-7-9(14)3-4-11(10)18-2/h3-7H,15H2,1-2H3,(H,16,17). The predicted octanol–water partition coefficient (Wildman–Crippen LogP) is 3.38. The summed E-state index contributed by atoms with van der Waals surface area (Å²) in [6.07, 6.45) is 1.70. The Bertz CT molecular complexity index is 572. The number of anilines is 3. The van der Waals surface area contributed by atoms with Crippen LogP contribution in [0, 0.1) is 6.92 Å². The number of ether oxygens (including phenoxy) is 1. The van der Waals surface area contributed by atoms with Crippen LogP contribution in [0.5, 0.6) is 5.75 Å². The number of aromatic nitrogens is 1. The molecule has 0 bridgehead atoms. The topological polar surface area (TPSA) is 60.2 Å². The van der Waals surface area contributed by atoms with Crippen LogP contribution in [0.2, 0.25) is 5.02 Å². The van der Waals surface area contributed by atoms with E-state index >= 15 is 0 Å². The molecule has 0 amide bonds. The number of nitrogens with one attached hydrogen (secondary N) is 1. The third kappa shape index (κ3) is 2.49. The van der Waals surface area contributed by atoms with E-state index in [0.29, 0.717) is 22.3 Å². The van der Waals surface area contributed by atoms with Crippen LogP contribution in [0.25, 0.3) is 0 Å². The lowest BCUT2D eigenvalue weighted by Gasteiger charge is -2.13. The minimum Gasteiger partial charge on any atom is -0.495 e. The van der Waals surface area contributed by atoms with Crippen LogP contribution in [0.3, 0.4) is 0 Å². The lowest BCUT2D eigenvalue weighted by molar-refractivity contribution is 0.417. The fourth-order valence-corrected chi connectivity index (χ4v) is 1.75. The summed E-state index contributed by atoms with van der Waals surface area (Å²) in [5.74, 6) is 1.28. The molecule has 0 saturated carbocycles. The molecule has 94 valence electrons. The molecule has 0 radical (unpaired) electrons. The third-order valence-electron chi connectivity index (χ3n) is 2.62. The number of pyridine rings is 1. The van der Waals surface area contributed by atoms with E-state index in [4.69, 9.17) is 22.1 Å². The summed E-state index contributed by atoms with van der Waals surface area (Å²) in [5.41, 5.74) is 8.27. The van der Waals surface area contributed by atoms with Crippen molar-refractivity contribution < 1.29 is 4.74 Å². The van der Waals surface area contributed by atoms with Gasteiger partial charge in [-0.15, -0.1) is 0 Å². The van der Waals surface area contributed by atoms with Crippen molar-refractivity contribution in [3.8, 4) is 5.75 Å². The molecule has 0 aliphatic heterocycles. The maximum absolute atomic E-state index is 5.96. The SMILES string of the molecule is COc1ccc(Cl)cc1Nc1nccc(C)c1N. The minimum absolute atomic E-state index is 0.593. The molecular weight excluding hydrogens is 250 g/mol. The van der Waals surface area contributed by atoms with Crippen LogP contribution in [0.15, 0.2) is 30.5 Å². The van der Waals surface area contributed by atoms with E-state index in [1.807, 2.05) is 13.0 Å². The van der Waals surface area contributed by atoms with E-state index in [1.165, 1.54) is 0 Å². The minimum atomic E-state index is 0.593. The van der Waals surface area contributed by atoms with E-state index in [-0.39, 0.29) is 0 Å². The van der Waals surface area contributed by atoms with Crippen molar-refractivity contribution in [1.82, 2.24) is 4.98 Å². The lowest BCUT2D eigenvalue weighted by Crippen LogP contribution is -2.02. The average molecular weight is 264 g/mol. The summed E-state index contributed by atoms with van der Waals surface area (Å²) >= 11 is 5.96. The molecule has 0 aliphatic carbocycles. The molecule has 0 spiro atoms. The number of benzene rings is 1.